The number of carbonyl (C=O) groups is 2. The second kappa shape index (κ2) is 10.7. The summed E-state index contributed by atoms with van der Waals surface area (Å²) in [6, 6.07) is 12.5. The average Bonchev–Trinajstić information content (AvgIpc) is 3.14. The molecule has 1 aromatic heterocycles. The Hall–Kier alpha value is -3.70. The number of aliphatic hydroxyl groups excluding tert-OH is 1. The van der Waals surface area contributed by atoms with E-state index in [1.54, 1.807) is 24.3 Å². The van der Waals surface area contributed by atoms with Gasteiger partial charge in [-0.1, -0.05) is 29.8 Å². The van der Waals surface area contributed by atoms with Gasteiger partial charge in [0.25, 0.3) is 5.91 Å². The van der Waals surface area contributed by atoms with E-state index in [0.717, 1.165) is 5.56 Å². The second-order valence-electron chi connectivity index (χ2n) is 8.52. The smallest absolute Gasteiger partial charge is 0.394 e. The van der Waals surface area contributed by atoms with Gasteiger partial charge in [-0.2, -0.15) is 13.8 Å². The van der Waals surface area contributed by atoms with Gasteiger partial charge in [-0.15, -0.1) is 0 Å². The molecular weight excluding hydrogens is 510 g/mol. The van der Waals surface area contributed by atoms with Crippen LogP contribution < -0.4 is 14.4 Å². The first-order chi connectivity index (χ1) is 17.6. The molecule has 37 heavy (non-hydrogen) atoms. The van der Waals surface area contributed by atoms with E-state index >= 15 is 0 Å². The van der Waals surface area contributed by atoms with Gasteiger partial charge >= 0.3 is 12.1 Å². The second-order valence-corrected chi connectivity index (χ2v) is 8.96. The van der Waals surface area contributed by atoms with Crippen LogP contribution in [0.3, 0.4) is 0 Å². The molecule has 1 N–H and O–H groups in total. The minimum atomic E-state index is -3.39. The third-order valence-corrected chi connectivity index (χ3v) is 5.83. The van der Waals surface area contributed by atoms with Crippen molar-refractivity contribution in [1.82, 2.24) is 14.5 Å². The lowest BCUT2D eigenvalue weighted by atomic mass is 10.2. The zero-order valence-corrected chi connectivity index (χ0v) is 20.9. The van der Waals surface area contributed by atoms with Crippen molar-refractivity contribution in [2.24, 2.45) is 0 Å². The van der Waals surface area contributed by atoms with Crippen LogP contribution in [0.2, 0.25) is 5.02 Å². The molecule has 0 saturated carbocycles. The number of aromatic nitrogens is 2. The molecule has 1 aliphatic rings. The van der Waals surface area contributed by atoms with Gasteiger partial charge in [0.2, 0.25) is 5.91 Å². The van der Waals surface area contributed by atoms with Gasteiger partial charge in [-0.3, -0.25) is 19.1 Å². The molecule has 2 amide bonds. The van der Waals surface area contributed by atoms with Crippen molar-refractivity contribution >= 4 is 29.2 Å². The Morgan fingerprint density at radius 2 is 1.84 bits per heavy atom. The summed E-state index contributed by atoms with van der Waals surface area (Å²) >= 11 is 6.02. The highest BCUT2D eigenvalue weighted by Crippen LogP contribution is 2.34. The van der Waals surface area contributed by atoms with Gasteiger partial charge in [0.15, 0.2) is 11.5 Å². The van der Waals surface area contributed by atoms with Crippen molar-refractivity contribution in [2.75, 3.05) is 31.6 Å². The Kier molecular flexibility index (Phi) is 7.65. The standard InChI is InChI=1S/C25H25ClF2N4O5/c1-25(27,28)37-19-6-3-5-18(13-19)36-24-29-22-21(32(24)14-16-7-9-17(26)10-8-16)23(35)31(11-4-12-33)15-20(34)30(22)2/h3,5-10,13,33H,4,11-12,14-15H2,1-2H3. The molecule has 0 atom stereocenters. The summed E-state index contributed by atoms with van der Waals surface area (Å²) < 4.78 is 38.8. The van der Waals surface area contributed by atoms with Crippen LogP contribution in [-0.4, -0.2) is 64.2 Å². The molecule has 0 unspecified atom stereocenters. The molecule has 0 radical (unpaired) electrons. The molecule has 1 aliphatic heterocycles. The number of likely N-dealkylation sites (N-methyl/N-ethyl adjacent to an activating group) is 1. The van der Waals surface area contributed by atoms with Crippen LogP contribution in [0.1, 0.15) is 29.4 Å². The fraction of sp³-hybridized carbons (Fsp3) is 0.320. The first kappa shape index (κ1) is 26.4. The number of nitrogens with zero attached hydrogens (tertiary/aromatic N) is 4. The van der Waals surface area contributed by atoms with Crippen LogP contribution in [0.25, 0.3) is 0 Å². The van der Waals surface area contributed by atoms with Crippen molar-refractivity contribution < 1.29 is 33.0 Å². The number of ether oxygens (including phenoxy) is 2. The topological polar surface area (TPSA) is 97.1 Å². The van der Waals surface area contributed by atoms with E-state index in [1.165, 1.54) is 45.7 Å². The summed E-state index contributed by atoms with van der Waals surface area (Å²) in [5, 5.41) is 9.79. The maximum atomic E-state index is 13.6. The van der Waals surface area contributed by atoms with Crippen molar-refractivity contribution in [3.05, 3.63) is 64.8 Å². The third kappa shape index (κ3) is 6.17. The van der Waals surface area contributed by atoms with Crippen LogP contribution in [0.4, 0.5) is 14.6 Å². The Balaban J connectivity index is 1.79. The van der Waals surface area contributed by atoms with E-state index in [4.69, 9.17) is 16.3 Å². The monoisotopic (exact) mass is 534 g/mol. The normalized spacial score (nSPS) is 14.0. The molecule has 0 aliphatic carbocycles. The molecule has 196 valence electrons. The molecule has 12 heteroatoms. The van der Waals surface area contributed by atoms with Gasteiger partial charge in [0, 0.05) is 38.2 Å². The molecule has 0 bridgehead atoms. The minimum Gasteiger partial charge on any atom is -0.433 e. The van der Waals surface area contributed by atoms with Gasteiger partial charge in [-0.05, 0) is 36.2 Å². The predicted octanol–water partition coefficient (Wildman–Crippen LogP) is 4.17. The van der Waals surface area contributed by atoms with Crippen LogP contribution in [0.5, 0.6) is 17.5 Å². The quantitative estimate of drug-likeness (QED) is 0.442. The number of hydrogen-bond donors (Lipinski definition) is 1. The number of imidazole rings is 1. The molecule has 9 nitrogen and oxygen atoms in total. The highest BCUT2D eigenvalue weighted by Gasteiger charge is 2.36. The lowest BCUT2D eigenvalue weighted by Gasteiger charge is -2.21. The lowest BCUT2D eigenvalue weighted by Crippen LogP contribution is -2.39. The zero-order valence-electron chi connectivity index (χ0n) is 20.2. The van der Waals surface area contributed by atoms with E-state index in [0.29, 0.717) is 18.4 Å². The minimum absolute atomic E-state index is 0.0302. The number of fused-ring (bicyclic) bond motifs is 1. The van der Waals surface area contributed by atoms with Crippen LogP contribution >= 0.6 is 11.6 Å². The number of aliphatic hydroxyl groups is 1. The summed E-state index contributed by atoms with van der Waals surface area (Å²) in [6.07, 6.45) is -3.10. The highest BCUT2D eigenvalue weighted by molar-refractivity contribution is 6.30. The number of alkyl halides is 2. The van der Waals surface area contributed by atoms with Crippen molar-refractivity contribution in [1.29, 1.82) is 0 Å². The highest BCUT2D eigenvalue weighted by atomic mass is 35.5. The van der Waals surface area contributed by atoms with Crippen molar-refractivity contribution in [3.63, 3.8) is 0 Å². The zero-order chi connectivity index (χ0) is 26.7. The summed E-state index contributed by atoms with van der Waals surface area (Å²) in [4.78, 5) is 33.5. The van der Waals surface area contributed by atoms with Crippen molar-refractivity contribution in [2.45, 2.75) is 26.0 Å². The molecule has 0 spiro atoms. The number of halogens is 3. The Morgan fingerprint density at radius 1 is 1.14 bits per heavy atom. The largest absolute Gasteiger partial charge is 0.433 e. The number of benzene rings is 2. The molecule has 4 rings (SSSR count). The maximum absolute atomic E-state index is 13.6. The van der Waals surface area contributed by atoms with Crippen LogP contribution in [0.15, 0.2) is 48.5 Å². The summed E-state index contributed by atoms with van der Waals surface area (Å²) in [5.41, 5.74) is 0.883. The Morgan fingerprint density at radius 3 is 2.51 bits per heavy atom. The third-order valence-electron chi connectivity index (χ3n) is 5.57. The fourth-order valence-corrected chi connectivity index (χ4v) is 3.95. The van der Waals surface area contributed by atoms with E-state index in [1.807, 2.05) is 0 Å². The average molecular weight is 535 g/mol. The molecule has 0 saturated heterocycles. The number of hydrogen-bond acceptors (Lipinski definition) is 6. The Labute approximate surface area is 216 Å². The van der Waals surface area contributed by atoms with Crippen molar-refractivity contribution in [3.8, 4) is 17.5 Å². The summed E-state index contributed by atoms with van der Waals surface area (Å²) in [5.74, 6) is -0.717. The first-order valence-corrected chi connectivity index (χ1v) is 11.8. The first-order valence-electron chi connectivity index (χ1n) is 11.4. The van der Waals surface area contributed by atoms with E-state index < -0.39 is 12.0 Å². The molecule has 2 aromatic carbocycles. The Bertz CT molecular complexity index is 1290. The lowest BCUT2D eigenvalue weighted by molar-refractivity contribution is -0.159. The molecule has 3 aromatic rings. The molecule has 0 fully saturated rings. The predicted molar refractivity (Wildman–Crippen MR) is 132 cm³/mol. The molecular formula is C25H25ClF2N4O5. The van der Waals surface area contributed by atoms with Gasteiger partial charge in [0.1, 0.15) is 18.0 Å². The SMILES string of the molecule is CN1C(=O)CN(CCCO)C(=O)c2c1nc(Oc1cccc(OC(C)(F)F)c1)n2Cc1ccc(Cl)cc1. The number of anilines is 1. The van der Waals surface area contributed by atoms with E-state index in [2.05, 4.69) is 9.72 Å². The number of rotatable bonds is 9. The number of amides is 2. The van der Waals surface area contributed by atoms with Crippen LogP contribution in [0, 0.1) is 0 Å². The van der Waals surface area contributed by atoms with Gasteiger partial charge < -0.3 is 19.5 Å². The number of carbonyl (C=O) groups excluding carboxylic acids is 2. The fourth-order valence-electron chi connectivity index (χ4n) is 3.83. The van der Waals surface area contributed by atoms with Gasteiger partial charge in [0.05, 0.1) is 6.54 Å². The molecule has 2 heterocycles. The van der Waals surface area contributed by atoms with E-state index in [9.17, 15) is 23.5 Å². The maximum Gasteiger partial charge on any atom is 0.394 e. The van der Waals surface area contributed by atoms with Crippen LogP contribution in [-0.2, 0) is 11.3 Å². The summed E-state index contributed by atoms with van der Waals surface area (Å²) in [6.45, 7) is 0.611. The summed E-state index contributed by atoms with van der Waals surface area (Å²) in [7, 11) is 1.51. The van der Waals surface area contributed by atoms with Gasteiger partial charge in [-0.25, -0.2) is 0 Å². The van der Waals surface area contributed by atoms with E-state index in [-0.39, 0.29) is 61.2 Å².